The third kappa shape index (κ3) is 6.12. The summed E-state index contributed by atoms with van der Waals surface area (Å²) in [5.41, 5.74) is 3.59. The van der Waals surface area contributed by atoms with E-state index in [0.29, 0.717) is 36.2 Å². The lowest BCUT2D eigenvalue weighted by Gasteiger charge is -2.27. The molecule has 10 heteroatoms. The number of nitrogens with zero attached hydrogens (tertiary/aromatic N) is 3. The fourth-order valence-electron chi connectivity index (χ4n) is 4.32. The number of carbonyl (C=O) groups is 3. The van der Waals surface area contributed by atoms with Gasteiger partial charge < -0.3 is 10.6 Å². The van der Waals surface area contributed by atoms with Gasteiger partial charge in [0.1, 0.15) is 11.9 Å². The second kappa shape index (κ2) is 12.0. The Kier molecular flexibility index (Phi) is 8.23. The summed E-state index contributed by atoms with van der Waals surface area (Å²) in [6.07, 6.45) is 0.493. The Balaban J connectivity index is 1.30. The number of fused-ring (bicyclic) bond motifs is 3. The first-order chi connectivity index (χ1) is 18.9. The van der Waals surface area contributed by atoms with Gasteiger partial charge in [0.05, 0.1) is 23.9 Å². The van der Waals surface area contributed by atoms with Gasteiger partial charge in [-0.1, -0.05) is 66.7 Å². The maximum Gasteiger partial charge on any atom is 0.259 e. The van der Waals surface area contributed by atoms with Gasteiger partial charge in [0.2, 0.25) is 11.8 Å². The summed E-state index contributed by atoms with van der Waals surface area (Å²) in [4.78, 5) is 51.2. The van der Waals surface area contributed by atoms with Crippen LogP contribution in [0.15, 0.2) is 76.0 Å². The molecule has 2 aromatic carbocycles. The SMILES string of the molecule is CC[C@@H](SC1=Nc2ccccc2C2=N[C@@H](CC(=O)NCc3cccs3)C(=O)N12)C(=O)NCc1ccc(C)cc1. The minimum Gasteiger partial charge on any atom is -0.351 e. The highest BCUT2D eigenvalue weighted by Gasteiger charge is 2.43. The van der Waals surface area contributed by atoms with Crippen LogP contribution in [0.25, 0.3) is 0 Å². The number of nitrogens with one attached hydrogen (secondary N) is 2. The second-order valence-corrected chi connectivity index (χ2v) is 11.5. The molecule has 0 unspecified atom stereocenters. The summed E-state index contributed by atoms with van der Waals surface area (Å²) in [7, 11) is 0. The number of aliphatic imine (C=N–C) groups is 2. The normalized spacial score (nSPS) is 16.6. The molecule has 0 radical (unpaired) electrons. The summed E-state index contributed by atoms with van der Waals surface area (Å²) < 4.78 is 0. The summed E-state index contributed by atoms with van der Waals surface area (Å²) in [6.45, 7) is 4.79. The van der Waals surface area contributed by atoms with Crippen molar-refractivity contribution in [2.45, 2.75) is 51.1 Å². The number of amidine groups is 2. The van der Waals surface area contributed by atoms with Crippen molar-refractivity contribution in [2.75, 3.05) is 0 Å². The number of carbonyl (C=O) groups excluding carboxylic acids is 3. The second-order valence-electron chi connectivity index (χ2n) is 9.33. The third-order valence-electron chi connectivity index (χ3n) is 6.46. The van der Waals surface area contributed by atoms with Gasteiger partial charge in [0.15, 0.2) is 5.17 Å². The van der Waals surface area contributed by atoms with Crippen molar-refractivity contribution < 1.29 is 14.4 Å². The number of thioether (sulfide) groups is 1. The number of rotatable bonds is 9. The monoisotopic (exact) mass is 559 g/mol. The van der Waals surface area contributed by atoms with Gasteiger partial charge in [-0.3, -0.25) is 19.4 Å². The molecule has 2 N–H and O–H groups in total. The molecule has 0 aliphatic carbocycles. The number of thiophene rings is 1. The molecule has 2 aliphatic heterocycles. The van der Waals surface area contributed by atoms with E-state index < -0.39 is 11.3 Å². The zero-order valence-electron chi connectivity index (χ0n) is 21.7. The molecule has 2 atom stereocenters. The molecular weight excluding hydrogens is 530 g/mol. The minimum absolute atomic E-state index is 0.0570. The quantitative estimate of drug-likeness (QED) is 0.402. The van der Waals surface area contributed by atoms with Gasteiger partial charge in [-0.05, 0) is 42.5 Å². The number of benzene rings is 2. The molecular formula is C29H29N5O3S2. The lowest BCUT2D eigenvalue weighted by atomic mass is 10.1. The summed E-state index contributed by atoms with van der Waals surface area (Å²) >= 11 is 2.81. The first-order valence-corrected chi connectivity index (χ1v) is 14.6. The molecule has 0 fully saturated rings. The third-order valence-corrected chi connectivity index (χ3v) is 8.66. The van der Waals surface area contributed by atoms with Crippen molar-refractivity contribution in [1.82, 2.24) is 15.5 Å². The van der Waals surface area contributed by atoms with Gasteiger partial charge in [0.25, 0.3) is 5.91 Å². The number of aryl methyl sites for hydroxylation is 1. The summed E-state index contributed by atoms with van der Waals surface area (Å²) in [5, 5.41) is 7.78. The lowest BCUT2D eigenvalue weighted by molar-refractivity contribution is -0.128. The highest BCUT2D eigenvalue weighted by molar-refractivity contribution is 8.15. The predicted octanol–water partition coefficient (Wildman–Crippen LogP) is 4.55. The predicted molar refractivity (Wildman–Crippen MR) is 156 cm³/mol. The van der Waals surface area contributed by atoms with Crippen molar-refractivity contribution >= 4 is 57.5 Å². The molecule has 1 aromatic heterocycles. The smallest absolute Gasteiger partial charge is 0.259 e. The van der Waals surface area contributed by atoms with Crippen molar-refractivity contribution in [3.63, 3.8) is 0 Å². The average Bonchev–Trinajstić information content (AvgIpc) is 3.58. The van der Waals surface area contributed by atoms with E-state index in [-0.39, 0.29) is 24.1 Å². The van der Waals surface area contributed by atoms with Crippen molar-refractivity contribution in [2.24, 2.45) is 9.98 Å². The fourth-order valence-corrected chi connectivity index (χ4v) is 6.01. The Morgan fingerprint density at radius 3 is 2.59 bits per heavy atom. The maximum absolute atomic E-state index is 13.5. The number of hydrogen-bond donors (Lipinski definition) is 2. The van der Waals surface area contributed by atoms with Crippen LogP contribution in [0.5, 0.6) is 0 Å². The zero-order chi connectivity index (χ0) is 27.4. The van der Waals surface area contributed by atoms with E-state index in [1.165, 1.54) is 16.7 Å². The van der Waals surface area contributed by atoms with E-state index in [1.807, 2.05) is 79.9 Å². The van der Waals surface area contributed by atoms with Crippen LogP contribution in [0.2, 0.25) is 0 Å². The number of amides is 3. The van der Waals surface area contributed by atoms with Crippen LogP contribution >= 0.6 is 23.1 Å². The van der Waals surface area contributed by atoms with Gasteiger partial charge in [-0.15, -0.1) is 11.3 Å². The largest absolute Gasteiger partial charge is 0.351 e. The zero-order valence-corrected chi connectivity index (χ0v) is 23.3. The molecule has 3 amide bonds. The standard InChI is InChI=1S/C29H29N5O3S2/c1-3-24(27(36)31-16-19-12-10-18(2)11-13-19)39-29-33-22-9-5-4-8-21(22)26-32-23(28(37)34(26)29)15-25(35)30-17-20-7-6-14-38-20/h4-14,23-24H,3,15-17H2,1-2H3,(H,30,35)(H,31,36)/t23-,24+/m0/s1. The van der Waals surface area contributed by atoms with Crippen LogP contribution in [0.1, 0.15) is 41.3 Å². The van der Waals surface area contributed by atoms with E-state index in [2.05, 4.69) is 15.6 Å². The van der Waals surface area contributed by atoms with E-state index in [4.69, 9.17) is 4.99 Å². The Morgan fingerprint density at radius 2 is 1.85 bits per heavy atom. The average molecular weight is 560 g/mol. The van der Waals surface area contributed by atoms with Crippen LogP contribution in [0, 0.1) is 6.92 Å². The first kappa shape index (κ1) is 26.8. The minimum atomic E-state index is -0.851. The van der Waals surface area contributed by atoms with E-state index in [0.717, 1.165) is 21.6 Å². The molecule has 0 saturated heterocycles. The highest BCUT2D eigenvalue weighted by atomic mass is 32.2. The molecule has 8 nitrogen and oxygen atoms in total. The molecule has 0 bridgehead atoms. The van der Waals surface area contributed by atoms with Crippen LogP contribution in [-0.2, 0) is 27.5 Å². The van der Waals surface area contributed by atoms with Crippen LogP contribution in [0.3, 0.4) is 0 Å². The number of hydrogen-bond acceptors (Lipinski definition) is 7. The molecule has 3 aromatic rings. The highest BCUT2D eigenvalue weighted by Crippen LogP contribution is 2.35. The van der Waals surface area contributed by atoms with Gasteiger partial charge in [-0.25, -0.2) is 9.89 Å². The van der Waals surface area contributed by atoms with E-state index in [9.17, 15) is 14.4 Å². The molecule has 200 valence electrons. The van der Waals surface area contributed by atoms with Crippen LogP contribution < -0.4 is 10.6 Å². The van der Waals surface area contributed by atoms with Crippen molar-refractivity contribution in [3.8, 4) is 0 Å². The fraction of sp³-hybridized carbons (Fsp3) is 0.276. The molecule has 3 heterocycles. The molecule has 0 saturated carbocycles. The van der Waals surface area contributed by atoms with Gasteiger partial charge >= 0.3 is 0 Å². The molecule has 0 spiro atoms. The summed E-state index contributed by atoms with van der Waals surface area (Å²) in [6, 6.07) is 18.5. The first-order valence-electron chi connectivity index (χ1n) is 12.8. The Bertz CT molecular complexity index is 1430. The molecule has 2 aliphatic rings. The van der Waals surface area contributed by atoms with Crippen molar-refractivity contribution in [3.05, 3.63) is 87.6 Å². The maximum atomic E-state index is 13.5. The Labute approximate surface area is 235 Å². The Hall–Kier alpha value is -3.76. The summed E-state index contributed by atoms with van der Waals surface area (Å²) in [5.74, 6) is -0.211. The van der Waals surface area contributed by atoms with Crippen molar-refractivity contribution in [1.29, 1.82) is 0 Å². The molecule has 5 rings (SSSR count). The molecule has 39 heavy (non-hydrogen) atoms. The number of para-hydroxylation sites is 1. The van der Waals surface area contributed by atoms with Crippen LogP contribution in [0.4, 0.5) is 5.69 Å². The lowest BCUT2D eigenvalue weighted by Crippen LogP contribution is -2.43. The van der Waals surface area contributed by atoms with E-state index in [1.54, 1.807) is 11.3 Å². The Morgan fingerprint density at radius 1 is 1.05 bits per heavy atom. The van der Waals surface area contributed by atoms with Gasteiger partial charge in [-0.2, -0.15) is 0 Å². The van der Waals surface area contributed by atoms with Crippen LogP contribution in [-0.4, -0.2) is 44.9 Å². The van der Waals surface area contributed by atoms with Gasteiger partial charge in [0, 0.05) is 17.0 Å². The van der Waals surface area contributed by atoms with E-state index >= 15 is 0 Å². The topological polar surface area (TPSA) is 103 Å².